The van der Waals surface area contributed by atoms with Crippen molar-refractivity contribution in [3.05, 3.63) is 57.0 Å². The van der Waals surface area contributed by atoms with E-state index in [1.165, 1.54) is 0 Å². The first-order valence-electron chi connectivity index (χ1n) is 6.67. The Labute approximate surface area is 139 Å². The van der Waals surface area contributed by atoms with Crippen molar-refractivity contribution in [2.24, 2.45) is 5.73 Å². The highest BCUT2D eigenvalue weighted by atomic mass is 35.5. The minimum absolute atomic E-state index is 0.0726. The smallest absolute Gasteiger partial charge is 0.147 e. The highest BCUT2D eigenvalue weighted by molar-refractivity contribution is 6.42. The zero-order valence-electron chi connectivity index (χ0n) is 11.6. The van der Waals surface area contributed by atoms with Gasteiger partial charge >= 0.3 is 0 Å². The minimum Gasteiger partial charge on any atom is -0.455 e. The van der Waals surface area contributed by atoms with E-state index in [9.17, 15) is 0 Å². The molecule has 5 heteroatoms. The Kier molecular flexibility index (Phi) is 5.77. The zero-order chi connectivity index (χ0) is 15.4. The van der Waals surface area contributed by atoms with Gasteiger partial charge in [0.05, 0.1) is 5.02 Å². The molecule has 1 unspecified atom stereocenters. The SMILES string of the molecule is CCC(N)Cc1ccc(Cl)cc1Oc1cccc(Cl)c1Cl. The Morgan fingerprint density at radius 2 is 1.86 bits per heavy atom. The number of nitrogens with two attached hydrogens (primary N) is 1. The van der Waals surface area contributed by atoms with Crippen molar-refractivity contribution in [2.45, 2.75) is 25.8 Å². The van der Waals surface area contributed by atoms with Crippen LogP contribution in [-0.2, 0) is 6.42 Å². The summed E-state index contributed by atoms with van der Waals surface area (Å²) in [5.41, 5.74) is 7.01. The van der Waals surface area contributed by atoms with Crippen LogP contribution in [0.15, 0.2) is 36.4 Å². The molecule has 0 fully saturated rings. The van der Waals surface area contributed by atoms with E-state index in [1.807, 2.05) is 12.1 Å². The molecule has 21 heavy (non-hydrogen) atoms. The Balaban J connectivity index is 2.34. The molecule has 2 N–H and O–H groups in total. The van der Waals surface area contributed by atoms with E-state index >= 15 is 0 Å². The van der Waals surface area contributed by atoms with E-state index in [1.54, 1.807) is 24.3 Å². The molecule has 0 aliphatic heterocycles. The summed E-state index contributed by atoms with van der Waals surface area (Å²) in [7, 11) is 0. The first kappa shape index (κ1) is 16.4. The van der Waals surface area contributed by atoms with Crippen molar-refractivity contribution in [1.82, 2.24) is 0 Å². The van der Waals surface area contributed by atoms with Gasteiger partial charge in [0.1, 0.15) is 16.5 Å². The molecule has 0 bridgehead atoms. The summed E-state index contributed by atoms with van der Waals surface area (Å²) in [5, 5.41) is 1.42. The van der Waals surface area contributed by atoms with Gasteiger partial charge in [0, 0.05) is 11.1 Å². The average molecular weight is 345 g/mol. The minimum atomic E-state index is 0.0726. The largest absolute Gasteiger partial charge is 0.455 e. The molecule has 0 aromatic heterocycles. The molecule has 2 rings (SSSR count). The van der Waals surface area contributed by atoms with Gasteiger partial charge in [-0.3, -0.25) is 0 Å². The van der Waals surface area contributed by atoms with E-state index in [4.69, 9.17) is 45.3 Å². The van der Waals surface area contributed by atoms with E-state index in [0.717, 1.165) is 12.0 Å². The molecule has 0 amide bonds. The molecule has 0 heterocycles. The van der Waals surface area contributed by atoms with Gasteiger partial charge in [0.2, 0.25) is 0 Å². The zero-order valence-corrected chi connectivity index (χ0v) is 13.8. The first-order valence-corrected chi connectivity index (χ1v) is 7.80. The lowest BCUT2D eigenvalue weighted by atomic mass is 10.0. The van der Waals surface area contributed by atoms with Crippen LogP contribution >= 0.6 is 34.8 Å². The highest BCUT2D eigenvalue weighted by Crippen LogP contribution is 2.36. The van der Waals surface area contributed by atoms with Crippen LogP contribution in [0.5, 0.6) is 11.5 Å². The van der Waals surface area contributed by atoms with Crippen molar-refractivity contribution < 1.29 is 4.74 Å². The summed E-state index contributed by atoms with van der Waals surface area (Å²) in [6.07, 6.45) is 1.60. The van der Waals surface area contributed by atoms with E-state index < -0.39 is 0 Å². The predicted octanol–water partition coefficient (Wildman–Crippen LogP) is 5.72. The van der Waals surface area contributed by atoms with Crippen LogP contribution in [0.3, 0.4) is 0 Å². The monoisotopic (exact) mass is 343 g/mol. The topological polar surface area (TPSA) is 35.2 Å². The van der Waals surface area contributed by atoms with Crippen molar-refractivity contribution in [2.75, 3.05) is 0 Å². The van der Waals surface area contributed by atoms with Crippen LogP contribution in [0.4, 0.5) is 0 Å². The molecule has 0 saturated heterocycles. The molecular weight excluding hydrogens is 329 g/mol. The van der Waals surface area contributed by atoms with Crippen LogP contribution in [0, 0.1) is 0 Å². The van der Waals surface area contributed by atoms with Crippen molar-refractivity contribution in [1.29, 1.82) is 0 Å². The predicted molar refractivity (Wildman–Crippen MR) is 90.0 cm³/mol. The van der Waals surface area contributed by atoms with Gasteiger partial charge in [0.15, 0.2) is 0 Å². The van der Waals surface area contributed by atoms with Gasteiger partial charge in [-0.15, -0.1) is 0 Å². The number of benzene rings is 2. The van der Waals surface area contributed by atoms with Crippen LogP contribution in [0.1, 0.15) is 18.9 Å². The third-order valence-corrected chi connectivity index (χ3v) is 4.21. The average Bonchev–Trinajstić information content (AvgIpc) is 2.46. The summed E-state index contributed by atoms with van der Waals surface area (Å²) >= 11 is 18.2. The van der Waals surface area contributed by atoms with E-state index in [0.29, 0.717) is 33.0 Å². The summed E-state index contributed by atoms with van der Waals surface area (Å²) < 4.78 is 5.89. The number of ether oxygens (including phenoxy) is 1. The maximum Gasteiger partial charge on any atom is 0.147 e. The number of hydrogen-bond donors (Lipinski definition) is 1. The second-order valence-corrected chi connectivity index (χ2v) is 6.00. The van der Waals surface area contributed by atoms with Gasteiger partial charge in [-0.05, 0) is 42.7 Å². The Morgan fingerprint density at radius 1 is 1.10 bits per heavy atom. The molecular formula is C16H16Cl3NO. The lowest BCUT2D eigenvalue weighted by Gasteiger charge is -2.15. The van der Waals surface area contributed by atoms with E-state index in [2.05, 4.69) is 6.92 Å². The molecule has 0 aliphatic rings. The molecule has 0 spiro atoms. The standard InChI is InChI=1S/C16H16Cl3NO/c1-2-12(20)8-10-6-7-11(17)9-15(10)21-14-5-3-4-13(18)16(14)19/h3-7,9,12H,2,8,20H2,1H3. The summed E-state index contributed by atoms with van der Waals surface area (Å²) in [4.78, 5) is 0. The summed E-state index contributed by atoms with van der Waals surface area (Å²) in [5.74, 6) is 1.15. The number of hydrogen-bond acceptors (Lipinski definition) is 2. The third-order valence-electron chi connectivity index (χ3n) is 3.17. The van der Waals surface area contributed by atoms with Crippen LogP contribution < -0.4 is 10.5 Å². The van der Waals surface area contributed by atoms with Gasteiger partial charge < -0.3 is 10.5 Å². The van der Waals surface area contributed by atoms with Crippen LogP contribution in [0.2, 0.25) is 15.1 Å². The van der Waals surface area contributed by atoms with Crippen LogP contribution in [-0.4, -0.2) is 6.04 Å². The summed E-state index contributed by atoms with van der Waals surface area (Å²) in [6.45, 7) is 2.05. The molecule has 2 aromatic carbocycles. The molecule has 0 aliphatic carbocycles. The number of rotatable bonds is 5. The van der Waals surface area contributed by atoms with E-state index in [-0.39, 0.29) is 6.04 Å². The third kappa shape index (κ3) is 4.27. The quantitative estimate of drug-likeness (QED) is 0.753. The fourth-order valence-corrected chi connectivity index (χ4v) is 2.39. The summed E-state index contributed by atoms with van der Waals surface area (Å²) in [6, 6.07) is 10.8. The van der Waals surface area contributed by atoms with Crippen LogP contribution in [0.25, 0.3) is 0 Å². The number of halogens is 3. The van der Waals surface area contributed by atoms with Gasteiger partial charge in [-0.2, -0.15) is 0 Å². The normalized spacial score (nSPS) is 12.2. The fraction of sp³-hybridized carbons (Fsp3) is 0.250. The molecule has 1 atom stereocenters. The van der Waals surface area contributed by atoms with Crippen molar-refractivity contribution in [3.63, 3.8) is 0 Å². The lowest BCUT2D eigenvalue weighted by molar-refractivity contribution is 0.472. The molecule has 0 saturated carbocycles. The fourth-order valence-electron chi connectivity index (χ4n) is 1.90. The maximum absolute atomic E-state index is 6.15. The maximum atomic E-state index is 6.15. The lowest BCUT2D eigenvalue weighted by Crippen LogP contribution is -2.21. The Bertz CT molecular complexity index is 631. The highest BCUT2D eigenvalue weighted by Gasteiger charge is 2.12. The Morgan fingerprint density at radius 3 is 2.57 bits per heavy atom. The Hall–Kier alpha value is -0.930. The molecule has 2 aromatic rings. The molecule has 0 radical (unpaired) electrons. The molecule has 112 valence electrons. The van der Waals surface area contributed by atoms with Crippen molar-refractivity contribution in [3.8, 4) is 11.5 Å². The second-order valence-electron chi connectivity index (χ2n) is 4.78. The second kappa shape index (κ2) is 7.37. The van der Waals surface area contributed by atoms with Crippen molar-refractivity contribution >= 4 is 34.8 Å². The molecule has 2 nitrogen and oxygen atoms in total. The van der Waals surface area contributed by atoms with Gasteiger partial charge in [-0.1, -0.05) is 53.9 Å². The van der Waals surface area contributed by atoms with Gasteiger partial charge in [0.25, 0.3) is 0 Å². The van der Waals surface area contributed by atoms with Gasteiger partial charge in [-0.25, -0.2) is 0 Å². The first-order chi connectivity index (χ1) is 10.0.